The van der Waals surface area contributed by atoms with Gasteiger partial charge in [-0.15, -0.1) is 0 Å². The van der Waals surface area contributed by atoms with Gasteiger partial charge in [-0.25, -0.2) is 0 Å². The first kappa shape index (κ1) is 18.1. The van der Waals surface area contributed by atoms with Crippen LogP contribution >= 0.6 is 0 Å². The molecule has 4 nitrogen and oxygen atoms in total. The van der Waals surface area contributed by atoms with Crippen molar-refractivity contribution in [3.05, 3.63) is 35.9 Å². The van der Waals surface area contributed by atoms with Gasteiger partial charge in [0.25, 0.3) is 0 Å². The van der Waals surface area contributed by atoms with E-state index in [0.717, 1.165) is 32.8 Å². The van der Waals surface area contributed by atoms with Gasteiger partial charge in [0.2, 0.25) is 0 Å². The minimum atomic E-state index is 0.417. The molecule has 0 heterocycles. The lowest BCUT2D eigenvalue weighted by Gasteiger charge is -2.30. The van der Waals surface area contributed by atoms with E-state index in [0.29, 0.717) is 19.3 Å². The SMILES string of the molecule is CCN(CC)C(CNCCOCCOC)c1ccccc1. The molecule has 1 rings (SSSR count). The Labute approximate surface area is 129 Å². The van der Waals surface area contributed by atoms with Gasteiger partial charge < -0.3 is 14.8 Å². The first-order chi connectivity index (χ1) is 10.3. The monoisotopic (exact) mass is 294 g/mol. The van der Waals surface area contributed by atoms with E-state index in [-0.39, 0.29) is 0 Å². The molecule has 0 bridgehead atoms. The first-order valence-electron chi connectivity index (χ1n) is 7.89. The summed E-state index contributed by atoms with van der Waals surface area (Å²) in [6.45, 7) is 10.4. The third-order valence-electron chi connectivity index (χ3n) is 3.63. The fourth-order valence-electron chi connectivity index (χ4n) is 2.42. The van der Waals surface area contributed by atoms with Crippen LogP contribution in [-0.4, -0.2) is 58.0 Å². The van der Waals surface area contributed by atoms with Crippen molar-refractivity contribution in [3.8, 4) is 0 Å². The molecule has 0 saturated carbocycles. The van der Waals surface area contributed by atoms with Crippen LogP contribution in [0.25, 0.3) is 0 Å². The fourth-order valence-corrected chi connectivity index (χ4v) is 2.42. The summed E-state index contributed by atoms with van der Waals surface area (Å²) in [7, 11) is 1.69. The van der Waals surface area contributed by atoms with Crippen LogP contribution in [0.15, 0.2) is 30.3 Å². The Kier molecular flexibility index (Phi) is 10.1. The molecule has 0 aliphatic carbocycles. The molecule has 120 valence electrons. The third kappa shape index (κ3) is 7.05. The highest BCUT2D eigenvalue weighted by Crippen LogP contribution is 2.19. The molecule has 0 fully saturated rings. The highest BCUT2D eigenvalue weighted by Gasteiger charge is 2.16. The number of ether oxygens (including phenoxy) is 2. The minimum Gasteiger partial charge on any atom is -0.382 e. The smallest absolute Gasteiger partial charge is 0.0700 e. The molecule has 0 saturated heterocycles. The average molecular weight is 294 g/mol. The summed E-state index contributed by atoms with van der Waals surface area (Å²) in [5.41, 5.74) is 1.37. The maximum absolute atomic E-state index is 5.47. The Bertz CT molecular complexity index is 342. The number of nitrogens with zero attached hydrogens (tertiary/aromatic N) is 1. The lowest BCUT2D eigenvalue weighted by Crippen LogP contribution is -2.36. The second kappa shape index (κ2) is 11.7. The molecule has 1 unspecified atom stereocenters. The van der Waals surface area contributed by atoms with Crippen molar-refractivity contribution < 1.29 is 9.47 Å². The first-order valence-corrected chi connectivity index (χ1v) is 7.89. The molecular weight excluding hydrogens is 264 g/mol. The third-order valence-corrected chi connectivity index (χ3v) is 3.63. The van der Waals surface area contributed by atoms with E-state index in [2.05, 4.69) is 54.4 Å². The van der Waals surface area contributed by atoms with E-state index < -0.39 is 0 Å². The van der Waals surface area contributed by atoms with Gasteiger partial charge in [-0.2, -0.15) is 0 Å². The van der Waals surface area contributed by atoms with Crippen LogP contribution in [0.3, 0.4) is 0 Å². The van der Waals surface area contributed by atoms with Gasteiger partial charge in [0.05, 0.1) is 19.8 Å². The zero-order valence-electron chi connectivity index (χ0n) is 13.7. The van der Waals surface area contributed by atoms with Crippen LogP contribution in [0.4, 0.5) is 0 Å². The van der Waals surface area contributed by atoms with Gasteiger partial charge in [0, 0.05) is 26.2 Å². The van der Waals surface area contributed by atoms with Gasteiger partial charge >= 0.3 is 0 Å². The number of benzene rings is 1. The van der Waals surface area contributed by atoms with Gasteiger partial charge in [0.1, 0.15) is 0 Å². The summed E-state index contributed by atoms with van der Waals surface area (Å²) in [6.07, 6.45) is 0. The number of nitrogens with one attached hydrogen (secondary N) is 1. The predicted octanol–water partition coefficient (Wildman–Crippen LogP) is 2.32. The van der Waals surface area contributed by atoms with Crippen molar-refractivity contribution in [1.29, 1.82) is 0 Å². The van der Waals surface area contributed by atoms with Crippen LogP contribution in [-0.2, 0) is 9.47 Å². The van der Waals surface area contributed by atoms with Gasteiger partial charge in [0.15, 0.2) is 0 Å². The lowest BCUT2D eigenvalue weighted by atomic mass is 10.1. The van der Waals surface area contributed by atoms with Crippen LogP contribution in [0.5, 0.6) is 0 Å². The molecule has 0 amide bonds. The number of rotatable bonds is 12. The van der Waals surface area contributed by atoms with Gasteiger partial charge in [-0.1, -0.05) is 44.2 Å². The molecule has 0 spiro atoms. The van der Waals surface area contributed by atoms with Crippen molar-refractivity contribution in [2.45, 2.75) is 19.9 Å². The van der Waals surface area contributed by atoms with E-state index in [1.165, 1.54) is 5.56 Å². The summed E-state index contributed by atoms with van der Waals surface area (Å²) in [4.78, 5) is 2.48. The molecule has 21 heavy (non-hydrogen) atoms. The van der Waals surface area contributed by atoms with E-state index in [4.69, 9.17) is 9.47 Å². The van der Waals surface area contributed by atoms with E-state index in [1.54, 1.807) is 7.11 Å². The Morgan fingerprint density at radius 1 is 1.05 bits per heavy atom. The second-order valence-electron chi connectivity index (χ2n) is 4.96. The molecule has 4 heteroatoms. The number of hydrogen-bond acceptors (Lipinski definition) is 4. The summed E-state index contributed by atoms with van der Waals surface area (Å²) in [5, 5.41) is 3.50. The number of hydrogen-bond donors (Lipinski definition) is 1. The van der Waals surface area contributed by atoms with Crippen molar-refractivity contribution in [3.63, 3.8) is 0 Å². The largest absolute Gasteiger partial charge is 0.382 e. The predicted molar refractivity (Wildman–Crippen MR) is 87.7 cm³/mol. The molecule has 0 aromatic heterocycles. The topological polar surface area (TPSA) is 33.7 Å². The molecule has 0 radical (unpaired) electrons. The molecule has 1 aromatic carbocycles. The fraction of sp³-hybridized carbons (Fsp3) is 0.647. The van der Waals surface area contributed by atoms with E-state index in [9.17, 15) is 0 Å². The summed E-state index contributed by atoms with van der Waals surface area (Å²) >= 11 is 0. The van der Waals surface area contributed by atoms with E-state index in [1.807, 2.05) is 0 Å². The minimum absolute atomic E-state index is 0.417. The van der Waals surface area contributed by atoms with Crippen molar-refractivity contribution in [2.24, 2.45) is 0 Å². The van der Waals surface area contributed by atoms with Crippen LogP contribution < -0.4 is 5.32 Å². The molecular formula is C17H30N2O2. The van der Waals surface area contributed by atoms with Crippen molar-refractivity contribution >= 4 is 0 Å². The van der Waals surface area contributed by atoms with Crippen molar-refractivity contribution in [1.82, 2.24) is 10.2 Å². The quantitative estimate of drug-likeness (QED) is 0.600. The standard InChI is InChI=1S/C17H30N2O2/c1-4-19(5-2)17(16-9-7-6-8-10-16)15-18-11-12-21-14-13-20-3/h6-10,17-18H,4-5,11-15H2,1-3H3. The van der Waals surface area contributed by atoms with Crippen molar-refractivity contribution in [2.75, 3.05) is 53.1 Å². The highest BCUT2D eigenvalue weighted by atomic mass is 16.5. The number of likely N-dealkylation sites (N-methyl/N-ethyl adjacent to an activating group) is 1. The van der Waals surface area contributed by atoms with Crippen LogP contribution in [0.2, 0.25) is 0 Å². The maximum atomic E-state index is 5.47. The Morgan fingerprint density at radius 2 is 1.76 bits per heavy atom. The maximum Gasteiger partial charge on any atom is 0.0700 e. The van der Waals surface area contributed by atoms with E-state index >= 15 is 0 Å². The molecule has 1 atom stereocenters. The molecule has 1 aromatic rings. The zero-order valence-corrected chi connectivity index (χ0v) is 13.7. The number of methoxy groups -OCH3 is 1. The Morgan fingerprint density at radius 3 is 2.38 bits per heavy atom. The average Bonchev–Trinajstić information content (AvgIpc) is 2.54. The second-order valence-corrected chi connectivity index (χ2v) is 4.96. The van der Waals surface area contributed by atoms with Crippen LogP contribution in [0.1, 0.15) is 25.5 Å². The summed E-state index contributed by atoms with van der Waals surface area (Å²) in [5.74, 6) is 0. The summed E-state index contributed by atoms with van der Waals surface area (Å²) in [6, 6.07) is 11.1. The molecule has 1 N–H and O–H groups in total. The zero-order chi connectivity index (χ0) is 15.3. The van der Waals surface area contributed by atoms with Gasteiger partial charge in [-0.05, 0) is 18.7 Å². The van der Waals surface area contributed by atoms with Crippen LogP contribution in [0, 0.1) is 0 Å². The highest BCUT2D eigenvalue weighted by molar-refractivity contribution is 5.19. The molecule has 0 aliphatic rings. The normalized spacial score (nSPS) is 12.8. The van der Waals surface area contributed by atoms with Gasteiger partial charge in [-0.3, -0.25) is 4.90 Å². The Balaban J connectivity index is 2.40. The summed E-state index contributed by atoms with van der Waals surface area (Å²) < 4.78 is 10.4. The Hall–Kier alpha value is -0.940. The molecule has 0 aliphatic heterocycles. The lowest BCUT2D eigenvalue weighted by molar-refractivity contribution is 0.0711.